The van der Waals surface area contributed by atoms with E-state index in [2.05, 4.69) is 25.5 Å². The molecule has 1 saturated heterocycles. The van der Waals surface area contributed by atoms with Crippen LogP contribution in [0, 0.1) is 5.92 Å². The Kier molecular flexibility index (Phi) is 7.43. The fourth-order valence-electron chi connectivity index (χ4n) is 3.84. The minimum absolute atomic E-state index is 0.0718. The van der Waals surface area contributed by atoms with Crippen molar-refractivity contribution in [3.8, 4) is 17.1 Å². The molecule has 3 aromatic rings. The summed E-state index contributed by atoms with van der Waals surface area (Å²) in [5, 5.41) is 10.0. The van der Waals surface area contributed by atoms with Crippen molar-refractivity contribution in [3.05, 3.63) is 58.6 Å². The first-order valence-corrected chi connectivity index (χ1v) is 11.4. The number of rotatable bonds is 6. The molecule has 190 valence electrons. The number of aromatic amines is 1. The van der Waals surface area contributed by atoms with Gasteiger partial charge >= 0.3 is 6.18 Å². The first kappa shape index (κ1) is 25.4. The van der Waals surface area contributed by atoms with Gasteiger partial charge in [-0.05, 0) is 30.5 Å². The van der Waals surface area contributed by atoms with Crippen molar-refractivity contribution in [2.24, 2.45) is 5.92 Å². The first-order chi connectivity index (χ1) is 17.2. The van der Waals surface area contributed by atoms with Crippen molar-refractivity contribution < 1.29 is 27.5 Å². The smallest absolute Gasteiger partial charge is 0.433 e. The van der Waals surface area contributed by atoms with Crippen LogP contribution in [0.5, 0.6) is 5.88 Å². The van der Waals surface area contributed by atoms with Crippen molar-refractivity contribution in [1.82, 2.24) is 30.4 Å². The molecule has 0 saturated carbocycles. The van der Waals surface area contributed by atoms with Gasteiger partial charge in [0.15, 0.2) is 0 Å². The van der Waals surface area contributed by atoms with Crippen molar-refractivity contribution in [3.63, 3.8) is 0 Å². The third kappa shape index (κ3) is 5.76. The van der Waals surface area contributed by atoms with Crippen LogP contribution < -0.4 is 10.1 Å². The minimum atomic E-state index is -4.51. The molecule has 0 bridgehead atoms. The highest BCUT2D eigenvalue weighted by Gasteiger charge is 2.32. The number of carbonyl (C=O) groups is 2. The van der Waals surface area contributed by atoms with E-state index < -0.39 is 11.9 Å². The molecule has 0 aliphatic carbocycles. The third-order valence-corrected chi connectivity index (χ3v) is 6.16. The maximum Gasteiger partial charge on any atom is 0.433 e. The third-order valence-electron chi connectivity index (χ3n) is 5.86. The van der Waals surface area contributed by atoms with Gasteiger partial charge < -0.3 is 15.0 Å². The van der Waals surface area contributed by atoms with E-state index in [4.69, 9.17) is 16.3 Å². The normalized spacial score (nSPS) is 14.5. The molecule has 0 spiro atoms. The molecule has 0 unspecified atom stereocenters. The van der Waals surface area contributed by atoms with Gasteiger partial charge in [-0.3, -0.25) is 19.7 Å². The molecular weight excluding hydrogens is 501 g/mol. The number of ether oxygens (including phenoxy) is 1. The Hall–Kier alpha value is -3.67. The van der Waals surface area contributed by atoms with Gasteiger partial charge in [0, 0.05) is 43.4 Å². The number of H-pyrrole nitrogens is 1. The fraction of sp³-hybridized carbons (Fsp3) is 0.348. The van der Waals surface area contributed by atoms with Crippen LogP contribution in [-0.4, -0.2) is 57.1 Å². The van der Waals surface area contributed by atoms with E-state index >= 15 is 0 Å². The molecule has 1 aliphatic rings. The summed E-state index contributed by atoms with van der Waals surface area (Å²) in [6.07, 6.45) is -1.06. The van der Waals surface area contributed by atoms with Crippen molar-refractivity contribution in [1.29, 1.82) is 0 Å². The van der Waals surface area contributed by atoms with Crippen molar-refractivity contribution in [2.75, 3.05) is 20.2 Å². The highest BCUT2D eigenvalue weighted by atomic mass is 35.5. The number of alkyl halides is 3. The van der Waals surface area contributed by atoms with Gasteiger partial charge in [-0.2, -0.15) is 18.3 Å². The van der Waals surface area contributed by atoms with Crippen LogP contribution in [0.15, 0.2) is 36.7 Å². The van der Waals surface area contributed by atoms with E-state index in [1.54, 1.807) is 17.0 Å². The molecule has 13 heteroatoms. The molecule has 0 radical (unpaired) electrons. The van der Waals surface area contributed by atoms with E-state index in [1.165, 1.54) is 19.4 Å². The SMILES string of the molecule is COc1cc(-c2cc(C(=O)N3CCC(C(=O)NCc4ccc(C(F)(F)F)nc4)CC3)[nH]n2)c(Cl)cn1. The second-order valence-electron chi connectivity index (χ2n) is 8.21. The summed E-state index contributed by atoms with van der Waals surface area (Å²) in [6, 6.07) is 5.38. The average Bonchev–Trinajstić information content (AvgIpc) is 3.37. The minimum Gasteiger partial charge on any atom is -0.481 e. The highest BCUT2D eigenvalue weighted by Crippen LogP contribution is 2.30. The molecule has 3 aromatic heterocycles. The summed E-state index contributed by atoms with van der Waals surface area (Å²) in [7, 11) is 1.48. The largest absolute Gasteiger partial charge is 0.481 e. The number of hydrogen-bond acceptors (Lipinski definition) is 6. The topological polar surface area (TPSA) is 113 Å². The lowest BCUT2D eigenvalue weighted by Gasteiger charge is -2.31. The second-order valence-corrected chi connectivity index (χ2v) is 8.61. The zero-order valence-corrected chi connectivity index (χ0v) is 19.9. The number of amides is 2. The number of hydrogen-bond donors (Lipinski definition) is 2. The van der Waals surface area contributed by atoms with Gasteiger partial charge in [-0.15, -0.1) is 0 Å². The van der Waals surface area contributed by atoms with Crippen LogP contribution in [0.1, 0.15) is 34.6 Å². The number of halogens is 4. The van der Waals surface area contributed by atoms with Crippen LogP contribution in [0.2, 0.25) is 5.02 Å². The lowest BCUT2D eigenvalue weighted by Crippen LogP contribution is -2.43. The Labute approximate surface area is 209 Å². The number of nitrogens with one attached hydrogen (secondary N) is 2. The summed E-state index contributed by atoms with van der Waals surface area (Å²) in [4.78, 5) is 34.5. The maximum absolute atomic E-state index is 12.9. The molecule has 9 nitrogen and oxygen atoms in total. The van der Waals surface area contributed by atoms with Crippen molar-refractivity contribution >= 4 is 23.4 Å². The highest BCUT2D eigenvalue weighted by molar-refractivity contribution is 6.33. The van der Waals surface area contributed by atoms with Gasteiger partial charge in [0.1, 0.15) is 11.4 Å². The summed E-state index contributed by atoms with van der Waals surface area (Å²) in [6.45, 7) is 0.816. The molecule has 4 heterocycles. The molecule has 0 aromatic carbocycles. The molecule has 36 heavy (non-hydrogen) atoms. The van der Waals surface area contributed by atoms with Gasteiger partial charge in [-0.25, -0.2) is 4.98 Å². The number of likely N-dealkylation sites (tertiary alicyclic amines) is 1. The first-order valence-electron chi connectivity index (χ1n) is 11.0. The Morgan fingerprint density at radius 2 is 1.94 bits per heavy atom. The molecule has 2 N–H and O–H groups in total. The van der Waals surface area contributed by atoms with E-state index in [-0.39, 0.29) is 30.0 Å². The molecule has 1 fully saturated rings. The summed E-state index contributed by atoms with van der Waals surface area (Å²) < 4.78 is 43.0. The maximum atomic E-state index is 12.9. The lowest BCUT2D eigenvalue weighted by molar-refractivity contribution is -0.141. The van der Waals surface area contributed by atoms with Gasteiger partial charge in [0.25, 0.3) is 5.91 Å². The fourth-order valence-corrected chi connectivity index (χ4v) is 4.04. The zero-order chi connectivity index (χ0) is 25.9. The second kappa shape index (κ2) is 10.5. The summed E-state index contributed by atoms with van der Waals surface area (Å²) in [5.41, 5.74) is 0.802. The van der Waals surface area contributed by atoms with Gasteiger partial charge in [0.2, 0.25) is 11.8 Å². The number of piperidine rings is 1. The van der Waals surface area contributed by atoms with Crippen molar-refractivity contribution in [2.45, 2.75) is 25.6 Å². The predicted molar refractivity (Wildman–Crippen MR) is 123 cm³/mol. The Morgan fingerprint density at radius 3 is 2.58 bits per heavy atom. The lowest BCUT2D eigenvalue weighted by atomic mass is 9.95. The van der Waals surface area contributed by atoms with Gasteiger partial charge in [0.05, 0.1) is 24.0 Å². The summed E-state index contributed by atoms with van der Waals surface area (Å²) >= 11 is 6.21. The van der Waals surface area contributed by atoms with Crippen LogP contribution in [0.25, 0.3) is 11.3 Å². The monoisotopic (exact) mass is 522 g/mol. The number of nitrogens with zero attached hydrogens (tertiary/aromatic N) is 4. The quantitative estimate of drug-likeness (QED) is 0.510. The average molecular weight is 523 g/mol. The Morgan fingerprint density at radius 1 is 1.19 bits per heavy atom. The van der Waals surface area contributed by atoms with Gasteiger partial charge in [-0.1, -0.05) is 17.7 Å². The number of pyridine rings is 2. The molecular formula is C23H22ClF3N6O3. The standard InChI is InChI=1S/C23H22ClF3N6O3/c1-36-20-8-15(16(24)12-29-20)17-9-18(32-31-17)22(35)33-6-4-14(5-7-33)21(34)30-11-13-2-3-19(28-10-13)23(25,26)27/h2-3,8-10,12,14H,4-7,11H2,1H3,(H,30,34)(H,31,32). The molecule has 1 aliphatic heterocycles. The van der Waals surface area contributed by atoms with Crippen LogP contribution >= 0.6 is 11.6 Å². The predicted octanol–water partition coefficient (Wildman–Crippen LogP) is 3.72. The van der Waals surface area contributed by atoms with E-state index in [1.807, 2.05) is 0 Å². The van der Waals surface area contributed by atoms with Crippen LogP contribution in [-0.2, 0) is 17.5 Å². The van der Waals surface area contributed by atoms with E-state index in [0.717, 1.165) is 12.3 Å². The molecule has 2 amide bonds. The number of methoxy groups -OCH3 is 1. The van der Waals surface area contributed by atoms with E-state index in [9.17, 15) is 22.8 Å². The van der Waals surface area contributed by atoms with Crippen LogP contribution in [0.4, 0.5) is 13.2 Å². The number of carbonyl (C=O) groups excluding carboxylic acids is 2. The number of aromatic nitrogens is 4. The Bertz CT molecular complexity index is 1240. The Balaban J connectivity index is 1.30. The molecule has 4 rings (SSSR count). The van der Waals surface area contributed by atoms with E-state index in [0.29, 0.717) is 53.7 Å². The molecule has 0 atom stereocenters. The summed E-state index contributed by atoms with van der Waals surface area (Å²) in [5.74, 6) is -0.412. The van der Waals surface area contributed by atoms with Crippen LogP contribution in [0.3, 0.4) is 0 Å². The zero-order valence-electron chi connectivity index (χ0n) is 19.1.